The van der Waals surface area contributed by atoms with Crippen molar-refractivity contribution in [2.45, 2.75) is 20.3 Å². The zero-order valence-corrected chi connectivity index (χ0v) is 20.1. The monoisotopic (exact) mass is 490 g/mol. The van der Waals surface area contributed by atoms with Gasteiger partial charge in [-0.15, -0.1) is 0 Å². The van der Waals surface area contributed by atoms with Crippen molar-refractivity contribution in [1.29, 1.82) is 0 Å². The molecule has 0 atom stereocenters. The molecule has 9 nitrogen and oxygen atoms in total. The number of rotatable bonds is 7. The predicted molar refractivity (Wildman–Crippen MR) is 134 cm³/mol. The van der Waals surface area contributed by atoms with Gasteiger partial charge < -0.3 is 20.1 Å². The van der Waals surface area contributed by atoms with Crippen molar-refractivity contribution >= 4 is 29.0 Å². The number of halogens is 1. The molecular formula is C25H23ClN6O3. The molecule has 4 aromatic rings. The standard InChI is InChI=1S/C25H23ClN6O3/c1-4-22-28-14-29-23(32-22)18-6-5-11-27-24(18)35-20-10-8-17(12-15(20)2)30-25(33)31-19-13-16(26)7-9-21(19)34-3/h5-14H,4H2,1-3H3,(H2,30,31,33). The Hall–Kier alpha value is -4.24. The summed E-state index contributed by atoms with van der Waals surface area (Å²) in [6, 6.07) is 13.5. The molecule has 35 heavy (non-hydrogen) atoms. The average molecular weight is 491 g/mol. The molecule has 0 fully saturated rings. The summed E-state index contributed by atoms with van der Waals surface area (Å²) in [5.74, 6) is 2.63. The molecule has 0 saturated heterocycles. The van der Waals surface area contributed by atoms with E-state index >= 15 is 0 Å². The van der Waals surface area contributed by atoms with Crippen LogP contribution in [0.3, 0.4) is 0 Å². The van der Waals surface area contributed by atoms with Gasteiger partial charge in [0.25, 0.3) is 0 Å². The molecule has 2 N–H and O–H groups in total. The van der Waals surface area contributed by atoms with Gasteiger partial charge in [-0.1, -0.05) is 18.5 Å². The zero-order valence-electron chi connectivity index (χ0n) is 19.4. The maximum Gasteiger partial charge on any atom is 0.323 e. The highest BCUT2D eigenvalue weighted by Gasteiger charge is 2.14. The lowest BCUT2D eigenvalue weighted by Crippen LogP contribution is -2.19. The van der Waals surface area contributed by atoms with E-state index in [1.807, 2.05) is 19.9 Å². The van der Waals surface area contributed by atoms with E-state index in [2.05, 4.69) is 30.6 Å². The number of aromatic nitrogens is 4. The quantitative estimate of drug-likeness (QED) is 0.331. The number of aryl methyl sites for hydroxylation is 2. The van der Waals surface area contributed by atoms with Crippen molar-refractivity contribution in [3.63, 3.8) is 0 Å². The van der Waals surface area contributed by atoms with Crippen LogP contribution in [0, 0.1) is 6.92 Å². The summed E-state index contributed by atoms with van der Waals surface area (Å²) in [7, 11) is 1.52. The van der Waals surface area contributed by atoms with Gasteiger partial charge in [0.15, 0.2) is 5.82 Å². The van der Waals surface area contributed by atoms with Gasteiger partial charge in [-0.25, -0.2) is 24.7 Å². The number of urea groups is 1. The second-order valence-electron chi connectivity index (χ2n) is 7.44. The second-order valence-corrected chi connectivity index (χ2v) is 7.88. The Morgan fingerprint density at radius 2 is 1.86 bits per heavy atom. The van der Waals surface area contributed by atoms with E-state index in [4.69, 9.17) is 21.1 Å². The van der Waals surface area contributed by atoms with Gasteiger partial charge in [-0.05, 0) is 61.0 Å². The van der Waals surface area contributed by atoms with E-state index in [9.17, 15) is 4.79 Å². The molecule has 0 aliphatic rings. The first-order chi connectivity index (χ1) is 17.0. The van der Waals surface area contributed by atoms with Crippen LogP contribution in [0.5, 0.6) is 17.4 Å². The van der Waals surface area contributed by atoms with Crippen molar-refractivity contribution in [2.75, 3.05) is 17.7 Å². The normalized spacial score (nSPS) is 10.5. The van der Waals surface area contributed by atoms with Crippen molar-refractivity contribution in [3.8, 4) is 28.8 Å². The fraction of sp³-hybridized carbons (Fsp3) is 0.160. The molecular weight excluding hydrogens is 468 g/mol. The highest BCUT2D eigenvalue weighted by molar-refractivity contribution is 6.31. The molecule has 0 spiro atoms. The maximum absolute atomic E-state index is 12.5. The molecule has 0 unspecified atom stereocenters. The molecule has 0 bridgehead atoms. The van der Waals surface area contributed by atoms with Gasteiger partial charge in [0.2, 0.25) is 5.88 Å². The minimum Gasteiger partial charge on any atom is -0.495 e. The molecule has 0 aliphatic heterocycles. The Bertz CT molecular complexity index is 1360. The van der Waals surface area contributed by atoms with Gasteiger partial charge in [0.1, 0.15) is 23.7 Å². The Labute approximate surface area is 207 Å². The number of benzene rings is 2. The summed E-state index contributed by atoms with van der Waals surface area (Å²) >= 11 is 6.03. The summed E-state index contributed by atoms with van der Waals surface area (Å²) in [5, 5.41) is 6.02. The lowest BCUT2D eigenvalue weighted by molar-refractivity contribution is 0.262. The zero-order chi connectivity index (χ0) is 24.8. The molecule has 4 rings (SSSR count). The van der Waals surface area contributed by atoms with Gasteiger partial charge in [0.05, 0.1) is 18.4 Å². The number of hydrogen-bond donors (Lipinski definition) is 2. The van der Waals surface area contributed by atoms with Gasteiger partial charge in [-0.2, -0.15) is 0 Å². The van der Waals surface area contributed by atoms with Crippen LogP contribution in [-0.4, -0.2) is 33.1 Å². The number of nitrogens with zero attached hydrogens (tertiary/aromatic N) is 4. The van der Waals surface area contributed by atoms with Crippen molar-refractivity contribution in [3.05, 3.63) is 77.5 Å². The highest BCUT2D eigenvalue weighted by atomic mass is 35.5. The average Bonchev–Trinajstić information content (AvgIpc) is 2.86. The first kappa shape index (κ1) is 23.9. The third-order valence-corrected chi connectivity index (χ3v) is 5.23. The first-order valence-electron chi connectivity index (χ1n) is 10.8. The van der Waals surface area contributed by atoms with Crippen LogP contribution in [0.4, 0.5) is 16.2 Å². The Kier molecular flexibility index (Phi) is 7.37. The molecule has 2 amide bonds. The minimum absolute atomic E-state index is 0.371. The fourth-order valence-corrected chi connectivity index (χ4v) is 3.45. The summed E-state index contributed by atoms with van der Waals surface area (Å²) in [6.45, 7) is 3.85. The largest absolute Gasteiger partial charge is 0.495 e. The number of ether oxygens (including phenoxy) is 2. The number of amides is 2. The Balaban J connectivity index is 1.50. The Morgan fingerprint density at radius 1 is 1.03 bits per heavy atom. The topological polar surface area (TPSA) is 111 Å². The number of hydrogen-bond acceptors (Lipinski definition) is 7. The van der Waals surface area contributed by atoms with Gasteiger partial charge in [0, 0.05) is 23.3 Å². The minimum atomic E-state index is -0.438. The lowest BCUT2D eigenvalue weighted by Gasteiger charge is -2.14. The van der Waals surface area contributed by atoms with Crippen LogP contribution in [0.25, 0.3) is 11.4 Å². The van der Waals surface area contributed by atoms with Crippen LogP contribution in [0.2, 0.25) is 5.02 Å². The lowest BCUT2D eigenvalue weighted by atomic mass is 10.2. The third kappa shape index (κ3) is 5.82. The van der Waals surface area contributed by atoms with Crippen LogP contribution in [0.1, 0.15) is 18.3 Å². The third-order valence-electron chi connectivity index (χ3n) is 5.00. The van der Waals surface area contributed by atoms with E-state index in [1.165, 1.54) is 13.4 Å². The van der Waals surface area contributed by atoms with Crippen LogP contribution in [-0.2, 0) is 6.42 Å². The molecule has 2 aromatic carbocycles. The SMILES string of the molecule is CCc1ncnc(-c2cccnc2Oc2ccc(NC(=O)Nc3cc(Cl)ccc3OC)cc2C)n1. The number of methoxy groups -OCH3 is 1. The van der Waals surface area contributed by atoms with Gasteiger partial charge >= 0.3 is 6.03 Å². The van der Waals surface area contributed by atoms with E-state index in [1.54, 1.807) is 48.7 Å². The van der Waals surface area contributed by atoms with Crippen LogP contribution < -0.4 is 20.1 Å². The van der Waals surface area contributed by atoms with Crippen LogP contribution in [0.15, 0.2) is 61.1 Å². The summed E-state index contributed by atoms with van der Waals surface area (Å²) in [4.78, 5) is 29.8. The molecule has 2 aromatic heterocycles. The van der Waals surface area contributed by atoms with Crippen molar-refractivity contribution in [2.24, 2.45) is 0 Å². The second kappa shape index (κ2) is 10.8. The first-order valence-corrected chi connectivity index (χ1v) is 11.2. The van der Waals surface area contributed by atoms with Crippen LogP contribution >= 0.6 is 11.6 Å². The van der Waals surface area contributed by atoms with Crippen molar-refractivity contribution < 1.29 is 14.3 Å². The molecule has 2 heterocycles. The highest BCUT2D eigenvalue weighted by Crippen LogP contribution is 2.32. The number of carbonyl (C=O) groups excluding carboxylic acids is 1. The molecule has 0 saturated carbocycles. The summed E-state index contributed by atoms with van der Waals surface area (Å²) < 4.78 is 11.4. The van der Waals surface area contributed by atoms with Gasteiger partial charge in [-0.3, -0.25) is 0 Å². The smallest absolute Gasteiger partial charge is 0.323 e. The molecule has 0 aliphatic carbocycles. The van der Waals surface area contributed by atoms with E-state index in [0.29, 0.717) is 57.4 Å². The summed E-state index contributed by atoms with van der Waals surface area (Å²) in [6.07, 6.45) is 3.81. The maximum atomic E-state index is 12.5. The number of pyridine rings is 1. The summed E-state index contributed by atoms with van der Waals surface area (Å²) in [5.41, 5.74) is 2.49. The predicted octanol–water partition coefficient (Wildman–Crippen LogP) is 5.90. The van der Waals surface area contributed by atoms with E-state index in [-0.39, 0.29) is 0 Å². The molecule has 178 valence electrons. The Morgan fingerprint density at radius 3 is 2.63 bits per heavy atom. The molecule has 0 radical (unpaired) electrons. The molecule has 10 heteroatoms. The number of carbonyl (C=O) groups is 1. The van der Waals surface area contributed by atoms with E-state index < -0.39 is 6.03 Å². The number of anilines is 2. The van der Waals surface area contributed by atoms with Crippen molar-refractivity contribution in [1.82, 2.24) is 19.9 Å². The number of nitrogens with one attached hydrogen (secondary N) is 2. The fourth-order valence-electron chi connectivity index (χ4n) is 3.28. The van der Waals surface area contributed by atoms with E-state index in [0.717, 1.165) is 5.56 Å².